The van der Waals surface area contributed by atoms with Crippen molar-refractivity contribution in [2.45, 2.75) is 18.7 Å². The van der Waals surface area contributed by atoms with E-state index in [-0.39, 0.29) is 0 Å². The SMILES string of the molecule is ClCCCc1ccc(CCl)cc1Cl. The molecule has 13 heavy (non-hydrogen) atoms. The van der Waals surface area contributed by atoms with Gasteiger partial charge in [-0.3, -0.25) is 0 Å². The Bertz CT molecular complexity index is 271. The lowest BCUT2D eigenvalue weighted by Crippen LogP contribution is -1.89. The molecule has 0 amide bonds. The first-order valence-electron chi connectivity index (χ1n) is 4.17. The van der Waals surface area contributed by atoms with Crippen LogP contribution in [0, 0.1) is 0 Å². The summed E-state index contributed by atoms with van der Waals surface area (Å²) in [5, 5.41) is 0.795. The molecule has 0 unspecified atom stereocenters. The largest absolute Gasteiger partial charge is 0.127 e. The minimum absolute atomic E-state index is 0.509. The third-order valence-electron chi connectivity index (χ3n) is 1.85. The van der Waals surface area contributed by atoms with Crippen molar-refractivity contribution in [3.8, 4) is 0 Å². The molecular formula is C10H11Cl3. The van der Waals surface area contributed by atoms with E-state index in [9.17, 15) is 0 Å². The minimum Gasteiger partial charge on any atom is -0.127 e. The Morgan fingerprint density at radius 1 is 1.15 bits per heavy atom. The van der Waals surface area contributed by atoms with Crippen LogP contribution in [-0.4, -0.2) is 5.88 Å². The van der Waals surface area contributed by atoms with Crippen LogP contribution in [0.15, 0.2) is 18.2 Å². The van der Waals surface area contributed by atoms with Crippen LogP contribution in [0.4, 0.5) is 0 Å². The molecule has 0 aromatic heterocycles. The maximum absolute atomic E-state index is 6.04. The molecule has 1 aromatic rings. The zero-order valence-electron chi connectivity index (χ0n) is 7.19. The molecule has 0 radical (unpaired) electrons. The van der Waals surface area contributed by atoms with Crippen LogP contribution in [0.3, 0.4) is 0 Å². The van der Waals surface area contributed by atoms with Crippen molar-refractivity contribution in [2.24, 2.45) is 0 Å². The summed E-state index contributed by atoms with van der Waals surface area (Å²) in [4.78, 5) is 0. The number of hydrogen-bond acceptors (Lipinski definition) is 0. The average Bonchev–Trinajstić information content (AvgIpc) is 2.16. The van der Waals surface area contributed by atoms with Crippen molar-refractivity contribution in [2.75, 3.05) is 5.88 Å². The molecule has 0 atom stereocenters. The van der Waals surface area contributed by atoms with Gasteiger partial charge in [0.2, 0.25) is 0 Å². The molecule has 1 rings (SSSR count). The number of halogens is 3. The van der Waals surface area contributed by atoms with E-state index in [1.807, 2.05) is 18.2 Å². The second-order valence-electron chi connectivity index (χ2n) is 2.85. The zero-order chi connectivity index (χ0) is 9.68. The Morgan fingerprint density at radius 2 is 1.92 bits per heavy atom. The molecule has 72 valence electrons. The average molecular weight is 238 g/mol. The topological polar surface area (TPSA) is 0 Å². The van der Waals surface area contributed by atoms with Crippen molar-refractivity contribution in [3.63, 3.8) is 0 Å². The van der Waals surface area contributed by atoms with Gasteiger partial charge in [-0.2, -0.15) is 0 Å². The van der Waals surface area contributed by atoms with E-state index in [1.54, 1.807) is 0 Å². The lowest BCUT2D eigenvalue weighted by Gasteiger charge is -2.04. The van der Waals surface area contributed by atoms with E-state index in [4.69, 9.17) is 34.8 Å². The van der Waals surface area contributed by atoms with Gasteiger partial charge in [-0.05, 0) is 30.0 Å². The van der Waals surface area contributed by atoms with Crippen LogP contribution in [0.2, 0.25) is 5.02 Å². The third kappa shape index (κ3) is 3.38. The summed E-state index contributed by atoms with van der Waals surface area (Å²) in [6.45, 7) is 0. The van der Waals surface area contributed by atoms with Gasteiger partial charge in [-0.1, -0.05) is 23.7 Å². The summed E-state index contributed by atoms with van der Waals surface area (Å²) in [6, 6.07) is 5.94. The quantitative estimate of drug-likeness (QED) is 0.687. The molecule has 0 saturated carbocycles. The summed E-state index contributed by atoms with van der Waals surface area (Å²) < 4.78 is 0. The van der Waals surface area contributed by atoms with Gasteiger partial charge in [0.15, 0.2) is 0 Å². The molecule has 0 aliphatic heterocycles. The summed E-state index contributed by atoms with van der Waals surface area (Å²) in [7, 11) is 0. The monoisotopic (exact) mass is 236 g/mol. The van der Waals surface area contributed by atoms with Gasteiger partial charge >= 0.3 is 0 Å². The summed E-state index contributed by atoms with van der Waals surface area (Å²) in [5.41, 5.74) is 2.21. The minimum atomic E-state index is 0.509. The van der Waals surface area contributed by atoms with E-state index in [0.717, 1.165) is 29.0 Å². The number of aryl methyl sites for hydroxylation is 1. The van der Waals surface area contributed by atoms with Crippen LogP contribution < -0.4 is 0 Å². The molecule has 3 heteroatoms. The molecule has 0 nitrogen and oxygen atoms in total. The second kappa shape index (κ2) is 5.74. The Labute approximate surface area is 93.8 Å². The fourth-order valence-electron chi connectivity index (χ4n) is 1.13. The summed E-state index contributed by atoms with van der Waals surface area (Å²) in [6.07, 6.45) is 1.90. The maximum Gasteiger partial charge on any atom is 0.0474 e. The van der Waals surface area contributed by atoms with Gasteiger partial charge < -0.3 is 0 Å². The van der Waals surface area contributed by atoms with Gasteiger partial charge in [0.1, 0.15) is 0 Å². The van der Waals surface area contributed by atoms with Crippen LogP contribution in [-0.2, 0) is 12.3 Å². The Hall–Kier alpha value is 0.0900. The van der Waals surface area contributed by atoms with Crippen LogP contribution in [0.1, 0.15) is 17.5 Å². The highest BCUT2D eigenvalue weighted by molar-refractivity contribution is 6.31. The molecule has 0 N–H and O–H groups in total. The highest BCUT2D eigenvalue weighted by Gasteiger charge is 2.00. The number of rotatable bonds is 4. The third-order valence-corrected chi connectivity index (χ3v) is 2.78. The number of hydrogen-bond donors (Lipinski definition) is 0. The van der Waals surface area contributed by atoms with Crippen molar-refractivity contribution in [1.82, 2.24) is 0 Å². The van der Waals surface area contributed by atoms with E-state index in [0.29, 0.717) is 11.8 Å². The fraction of sp³-hybridized carbons (Fsp3) is 0.400. The Balaban J connectivity index is 2.73. The van der Waals surface area contributed by atoms with Gasteiger partial charge in [0.25, 0.3) is 0 Å². The molecule has 0 saturated heterocycles. The summed E-state index contributed by atoms with van der Waals surface area (Å²) in [5.74, 6) is 1.18. The fourth-order valence-corrected chi connectivity index (χ4v) is 1.73. The van der Waals surface area contributed by atoms with Crippen LogP contribution >= 0.6 is 34.8 Å². The molecule has 0 fully saturated rings. The van der Waals surface area contributed by atoms with E-state index >= 15 is 0 Å². The van der Waals surface area contributed by atoms with E-state index in [1.165, 1.54) is 0 Å². The van der Waals surface area contributed by atoms with Crippen LogP contribution in [0.5, 0.6) is 0 Å². The van der Waals surface area contributed by atoms with Crippen molar-refractivity contribution < 1.29 is 0 Å². The van der Waals surface area contributed by atoms with E-state index in [2.05, 4.69) is 0 Å². The highest BCUT2D eigenvalue weighted by atomic mass is 35.5. The van der Waals surface area contributed by atoms with Gasteiger partial charge in [-0.25, -0.2) is 0 Å². The van der Waals surface area contributed by atoms with Crippen LogP contribution in [0.25, 0.3) is 0 Å². The first-order valence-corrected chi connectivity index (χ1v) is 5.62. The normalized spacial score (nSPS) is 10.4. The highest BCUT2D eigenvalue weighted by Crippen LogP contribution is 2.20. The zero-order valence-corrected chi connectivity index (χ0v) is 9.46. The van der Waals surface area contributed by atoms with Crippen molar-refractivity contribution in [1.29, 1.82) is 0 Å². The molecule has 1 aromatic carbocycles. The van der Waals surface area contributed by atoms with E-state index < -0.39 is 0 Å². The molecule has 0 heterocycles. The van der Waals surface area contributed by atoms with Gasteiger partial charge in [-0.15, -0.1) is 23.2 Å². The van der Waals surface area contributed by atoms with Crippen molar-refractivity contribution in [3.05, 3.63) is 34.3 Å². The molecule has 0 aliphatic carbocycles. The molecule has 0 spiro atoms. The number of alkyl halides is 2. The van der Waals surface area contributed by atoms with Gasteiger partial charge in [0, 0.05) is 16.8 Å². The van der Waals surface area contributed by atoms with Crippen molar-refractivity contribution >= 4 is 34.8 Å². The number of benzene rings is 1. The first kappa shape index (κ1) is 11.2. The van der Waals surface area contributed by atoms with Gasteiger partial charge in [0.05, 0.1) is 0 Å². The Morgan fingerprint density at radius 3 is 2.46 bits per heavy atom. The predicted octanol–water partition coefficient (Wildman–Crippen LogP) is 4.25. The lowest BCUT2D eigenvalue weighted by atomic mass is 10.1. The smallest absolute Gasteiger partial charge is 0.0474 e. The standard InChI is InChI=1S/C10H11Cl3/c11-5-1-2-9-4-3-8(7-12)6-10(9)13/h3-4,6H,1-2,5,7H2. The Kier molecular flexibility index (Phi) is 4.93. The lowest BCUT2D eigenvalue weighted by molar-refractivity contribution is 0.928. The first-order chi connectivity index (χ1) is 6.27. The summed E-state index contributed by atoms with van der Waals surface area (Å²) >= 11 is 17.3. The maximum atomic E-state index is 6.04. The molecule has 0 aliphatic rings. The molecular weight excluding hydrogens is 226 g/mol. The molecule has 0 bridgehead atoms. The predicted molar refractivity (Wildman–Crippen MR) is 60.1 cm³/mol. The second-order valence-corrected chi connectivity index (χ2v) is 3.90.